The summed E-state index contributed by atoms with van der Waals surface area (Å²) in [7, 11) is 0. The Bertz CT molecular complexity index is 2300. The number of hydrogen-bond donors (Lipinski definition) is 0. The second-order valence-electron chi connectivity index (χ2n) is 10.5. The molecule has 0 fully saturated rings. The highest BCUT2D eigenvalue weighted by Gasteiger charge is 2.33. The quantitative estimate of drug-likeness (QED) is 0.0965. The van der Waals surface area contributed by atoms with Crippen molar-refractivity contribution in [2.24, 2.45) is 4.99 Å². The molecule has 5 aromatic rings. The van der Waals surface area contributed by atoms with Gasteiger partial charge >= 0.3 is 5.97 Å². The van der Waals surface area contributed by atoms with E-state index in [0.717, 1.165) is 16.9 Å². The predicted molar refractivity (Wildman–Crippen MR) is 185 cm³/mol. The molecule has 6 rings (SSSR count). The molecule has 0 bridgehead atoms. The van der Waals surface area contributed by atoms with Crippen molar-refractivity contribution < 1.29 is 14.5 Å². The number of nitro benzene ring substituents is 1. The van der Waals surface area contributed by atoms with Crippen molar-refractivity contribution in [1.29, 1.82) is 0 Å². The number of ether oxygens (including phenoxy) is 1. The number of benzene rings is 3. The molecule has 11 nitrogen and oxygen atoms in total. The molecule has 48 heavy (non-hydrogen) atoms. The van der Waals surface area contributed by atoms with Crippen molar-refractivity contribution >= 4 is 64.0 Å². The van der Waals surface area contributed by atoms with E-state index in [1.807, 2.05) is 23.6 Å². The third-order valence-corrected chi connectivity index (χ3v) is 10.1. The molecule has 3 aromatic carbocycles. The number of fused-ring (bicyclic) bond motifs is 1. The van der Waals surface area contributed by atoms with Crippen LogP contribution in [0.1, 0.15) is 37.9 Å². The maximum Gasteiger partial charge on any atom is 0.338 e. The fraction of sp³-hybridized carbons (Fsp3) is 0.182. The number of carbonyl (C=O) groups excluding carboxylic acids is 1. The number of halogens is 2. The molecule has 0 N–H and O–H groups in total. The van der Waals surface area contributed by atoms with Crippen molar-refractivity contribution in [3.63, 3.8) is 0 Å². The minimum absolute atomic E-state index is 0.144. The van der Waals surface area contributed by atoms with Crippen molar-refractivity contribution in [1.82, 2.24) is 19.3 Å². The van der Waals surface area contributed by atoms with Crippen molar-refractivity contribution in [3.8, 4) is 11.4 Å². The second-order valence-corrected chi connectivity index (χ2v) is 13.4. The number of allylic oxidation sites excluding steroid dienone is 1. The summed E-state index contributed by atoms with van der Waals surface area (Å²) in [5, 5.41) is 22.2. The summed E-state index contributed by atoms with van der Waals surface area (Å²) in [5.41, 5.74) is 1.96. The number of nitro groups is 1. The fourth-order valence-electron chi connectivity index (χ4n) is 5.34. The lowest BCUT2D eigenvalue weighted by molar-refractivity contribution is -0.384. The van der Waals surface area contributed by atoms with E-state index >= 15 is 0 Å². The molecule has 244 valence electrons. The van der Waals surface area contributed by atoms with E-state index in [1.165, 1.54) is 28.5 Å². The number of carbonyl (C=O) groups is 1. The number of esters is 1. The van der Waals surface area contributed by atoms with E-state index in [-0.39, 0.29) is 22.4 Å². The highest BCUT2D eigenvalue weighted by molar-refractivity contribution is 7.99. The topological polar surface area (TPSA) is 135 Å². The van der Waals surface area contributed by atoms with Crippen LogP contribution in [0.25, 0.3) is 17.5 Å². The summed E-state index contributed by atoms with van der Waals surface area (Å²) in [6.07, 6.45) is 1.60. The molecule has 15 heteroatoms. The van der Waals surface area contributed by atoms with Gasteiger partial charge in [-0.15, -0.1) is 10.2 Å². The zero-order valence-electron chi connectivity index (χ0n) is 25.7. The molecular formula is C33H26Cl2N6O5S2. The molecule has 0 aliphatic carbocycles. The van der Waals surface area contributed by atoms with E-state index in [2.05, 4.69) is 15.2 Å². The van der Waals surface area contributed by atoms with Gasteiger partial charge in [0.1, 0.15) is 0 Å². The number of non-ortho nitro benzene ring substituents is 1. The predicted octanol–water partition coefficient (Wildman–Crippen LogP) is 6.44. The molecule has 0 saturated heterocycles. The summed E-state index contributed by atoms with van der Waals surface area (Å²) < 4.78 is 9.00. The smallest absolute Gasteiger partial charge is 0.338 e. The standard InChI is InChI=1S/C33H26Cl2N6O5S2/c1-4-39-29(20-7-6-8-23(35)15-20)37-38-33(39)47-25-14-13-24(41(44)45)16-21(25)17-26-30(42)40-28(19-9-11-22(34)12-10-19)27(31(43)46-5-2)18(3)36-32(40)48-26/h6-17,28H,4-5H2,1-3H3/b26-17+/t28-/m0/s1. The normalized spacial score (nSPS) is 14.5. The number of aromatic nitrogens is 4. The van der Waals surface area contributed by atoms with E-state index < -0.39 is 22.5 Å². The van der Waals surface area contributed by atoms with Crippen LogP contribution in [0.15, 0.2) is 97.8 Å². The maximum absolute atomic E-state index is 14.2. The van der Waals surface area contributed by atoms with E-state index in [1.54, 1.807) is 62.4 Å². The highest BCUT2D eigenvalue weighted by Crippen LogP contribution is 2.35. The Morgan fingerprint density at radius 1 is 1.08 bits per heavy atom. The third-order valence-electron chi connectivity index (χ3n) is 7.51. The van der Waals surface area contributed by atoms with Gasteiger partial charge in [-0.2, -0.15) is 0 Å². The molecule has 0 spiro atoms. The Labute approximate surface area is 292 Å². The lowest BCUT2D eigenvalue weighted by atomic mass is 9.96. The van der Waals surface area contributed by atoms with Crippen LogP contribution in [0.5, 0.6) is 0 Å². The summed E-state index contributed by atoms with van der Waals surface area (Å²) >= 11 is 14.8. The van der Waals surface area contributed by atoms with Crippen LogP contribution >= 0.6 is 46.3 Å². The summed E-state index contributed by atoms with van der Waals surface area (Å²) in [6.45, 7) is 6.06. The van der Waals surface area contributed by atoms with Crippen LogP contribution in [-0.4, -0.2) is 36.8 Å². The molecule has 3 heterocycles. The van der Waals surface area contributed by atoms with Crippen LogP contribution in [0.3, 0.4) is 0 Å². The van der Waals surface area contributed by atoms with E-state index in [4.69, 9.17) is 27.9 Å². The van der Waals surface area contributed by atoms with Gasteiger partial charge in [-0.1, -0.05) is 58.8 Å². The van der Waals surface area contributed by atoms with E-state index in [0.29, 0.717) is 54.1 Å². The third kappa shape index (κ3) is 6.46. The lowest BCUT2D eigenvalue weighted by Crippen LogP contribution is -2.39. The summed E-state index contributed by atoms with van der Waals surface area (Å²) in [5.74, 6) is 0.0387. The molecule has 1 aliphatic rings. The Morgan fingerprint density at radius 3 is 2.54 bits per heavy atom. The second kappa shape index (κ2) is 13.9. The minimum Gasteiger partial charge on any atom is -0.463 e. The van der Waals surface area contributed by atoms with Gasteiger partial charge in [0, 0.05) is 39.2 Å². The van der Waals surface area contributed by atoms with Gasteiger partial charge in [0.05, 0.1) is 33.4 Å². The molecule has 0 amide bonds. The van der Waals surface area contributed by atoms with Crippen LogP contribution in [0.2, 0.25) is 10.0 Å². The van der Waals surface area contributed by atoms with Gasteiger partial charge < -0.3 is 9.30 Å². The first-order valence-electron chi connectivity index (χ1n) is 14.7. The molecule has 1 aliphatic heterocycles. The van der Waals surface area contributed by atoms with Crippen LogP contribution in [-0.2, 0) is 16.1 Å². The SMILES string of the molecule is CCOC(=O)C1=C(C)N=c2s/c(=C/c3cc([N+](=O)[O-])ccc3Sc3nnc(-c4cccc(Cl)c4)n3CC)c(=O)n2[C@H]1c1ccc(Cl)cc1. The van der Waals surface area contributed by atoms with Gasteiger partial charge in [-0.25, -0.2) is 9.79 Å². The Balaban J connectivity index is 1.49. The van der Waals surface area contributed by atoms with Gasteiger partial charge in [0.25, 0.3) is 11.2 Å². The summed E-state index contributed by atoms with van der Waals surface area (Å²) in [4.78, 5) is 44.3. The van der Waals surface area contributed by atoms with Gasteiger partial charge in [-0.05, 0) is 80.1 Å². The Morgan fingerprint density at radius 2 is 1.85 bits per heavy atom. The average Bonchev–Trinajstić information content (AvgIpc) is 3.61. The Kier molecular flexibility index (Phi) is 9.65. The summed E-state index contributed by atoms with van der Waals surface area (Å²) in [6, 6.07) is 17.8. The van der Waals surface area contributed by atoms with Crippen molar-refractivity contribution in [2.75, 3.05) is 6.61 Å². The number of hydrogen-bond acceptors (Lipinski definition) is 10. The van der Waals surface area contributed by atoms with Gasteiger partial charge in [0.2, 0.25) is 0 Å². The largest absolute Gasteiger partial charge is 0.463 e. The first-order valence-corrected chi connectivity index (χ1v) is 17.1. The zero-order chi connectivity index (χ0) is 34.1. The van der Waals surface area contributed by atoms with Crippen molar-refractivity contribution in [3.05, 3.63) is 129 Å². The van der Waals surface area contributed by atoms with Gasteiger partial charge in [0.15, 0.2) is 15.8 Å². The first-order chi connectivity index (χ1) is 23.1. The van der Waals surface area contributed by atoms with Crippen LogP contribution < -0.4 is 14.9 Å². The number of thiazole rings is 1. The zero-order valence-corrected chi connectivity index (χ0v) is 28.9. The first kappa shape index (κ1) is 33.3. The maximum atomic E-state index is 14.2. The highest BCUT2D eigenvalue weighted by atomic mass is 35.5. The molecule has 0 unspecified atom stereocenters. The van der Waals surface area contributed by atoms with Crippen LogP contribution in [0, 0.1) is 10.1 Å². The monoisotopic (exact) mass is 720 g/mol. The number of rotatable bonds is 9. The molecular weight excluding hydrogens is 695 g/mol. The molecule has 0 radical (unpaired) electrons. The fourth-order valence-corrected chi connectivity index (χ4v) is 7.67. The van der Waals surface area contributed by atoms with Gasteiger partial charge in [-0.3, -0.25) is 19.5 Å². The average molecular weight is 722 g/mol. The van der Waals surface area contributed by atoms with Crippen molar-refractivity contribution in [2.45, 2.75) is 43.4 Å². The van der Waals surface area contributed by atoms with E-state index in [9.17, 15) is 19.7 Å². The molecule has 0 saturated carbocycles. The molecule has 2 aromatic heterocycles. The lowest BCUT2D eigenvalue weighted by Gasteiger charge is -2.24. The Hall–Kier alpha value is -4.56. The van der Waals surface area contributed by atoms with Crippen LogP contribution in [0.4, 0.5) is 5.69 Å². The molecule has 1 atom stereocenters. The number of nitrogens with zero attached hydrogens (tertiary/aromatic N) is 6. The minimum atomic E-state index is -0.827.